The van der Waals surface area contributed by atoms with Gasteiger partial charge in [-0.3, -0.25) is 0 Å². The summed E-state index contributed by atoms with van der Waals surface area (Å²) in [5.74, 6) is 1.23. The lowest BCUT2D eigenvalue weighted by atomic mass is 9.86. The average Bonchev–Trinajstić information content (AvgIpc) is 2.71. The highest BCUT2D eigenvalue weighted by molar-refractivity contribution is 6.20. The van der Waals surface area contributed by atoms with E-state index in [1.165, 1.54) is 24.8 Å². The highest BCUT2D eigenvalue weighted by atomic mass is 35.5. The topological polar surface area (TPSA) is 0 Å². The number of hydrogen-bond acceptors (Lipinski definition) is 0. The molecular weight excluding hydrogens is 228 g/mol. The lowest BCUT2D eigenvalue weighted by molar-refractivity contribution is 0.376. The van der Waals surface area contributed by atoms with Crippen molar-refractivity contribution in [3.63, 3.8) is 0 Å². The molecule has 1 aliphatic rings. The molecule has 1 aliphatic carbocycles. The van der Waals surface area contributed by atoms with Crippen molar-refractivity contribution < 1.29 is 0 Å². The molecule has 0 saturated heterocycles. The number of hydrogen-bond donors (Lipinski definition) is 0. The van der Waals surface area contributed by atoms with Gasteiger partial charge < -0.3 is 0 Å². The molecule has 1 aromatic carbocycles. The first-order chi connectivity index (χ1) is 8.08. The maximum atomic E-state index is 6.31. The van der Waals surface area contributed by atoms with Gasteiger partial charge in [0.1, 0.15) is 0 Å². The second-order valence-corrected chi connectivity index (χ2v) is 6.43. The van der Waals surface area contributed by atoms with E-state index in [1.807, 2.05) is 0 Å². The van der Waals surface area contributed by atoms with E-state index in [0.29, 0.717) is 11.8 Å². The van der Waals surface area contributed by atoms with Crippen molar-refractivity contribution in [2.24, 2.45) is 11.8 Å². The van der Waals surface area contributed by atoms with E-state index in [9.17, 15) is 0 Å². The van der Waals surface area contributed by atoms with Crippen LogP contribution in [0.2, 0.25) is 0 Å². The number of halogens is 1. The Bertz CT molecular complexity index is 371. The fourth-order valence-electron chi connectivity index (χ4n) is 2.95. The highest BCUT2D eigenvalue weighted by Gasteiger charge is 2.20. The molecule has 0 fully saturated rings. The van der Waals surface area contributed by atoms with Crippen molar-refractivity contribution in [1.29, 1.82) is 0 Å². The van der Waals surface area contributed by atoms with E-state index in [4.69, 9.17) is 11.6 Å². The average molecular weight is 251 g/mol. The van der Waals surface area contributed by atoms with E-state index < -0.39 is 0 Å². The second kappa shape index (κ2) is 5.44. The van der Waals surface area contributed by atoms with Gasteiger partial charge in [0.25, 0.3) is 0 Å². The number of alkyl halides is 1. The third-order valence-corrected chi connectivity index (χ3v) is 4.40. The summed E-state index contributed by atoms with van der Waals surface area (Å²) in [7, 11) is 0. The summed E-state index contributed by atoms with van der Waals surface area (Å²) in [6.07, 6.45) is 5.00. The quantitative estimate of drug-likeness (QED) is 0.685. The normalized spacial score (nSPS) is 18.2. The van der Waals surface area contributed by atoms with Crippen LogP contribution in [0.1, 0.15) is 43.9 Å². The summed E-state index contributed by atoms with van der Waals surface area (Å²) >= 11 is 6.31. The number of aryl methyl sites for hydroxylation is 2. The first-order valence-electron chi connectivity index (χ1n) is 6.82. The van der Waals surface area contributed by atoms with Gasteiger partial charge in [-0.25, -0.2) is 0 Å². The zero-order chi connectivity index (χ0) is 12.4. The standard InChI is InChI=1S/C16H23Cl/c1-11(2)16(12(3)17)10-13-7-8-14-5-4-6-15(14)9-13/h7-9,11-12,16H,4-6,10H2,1-3H3. The first kappa shape index (κ1) is 13.0. The van der Waals surface area contributed by atoms with Crippen molar-refractivity contribution in [1.82, 2.24) is 0 Å². The molecule has 0 aromatic heterocycles. The zero-order valence-corrected chi connectivity index (χ0v) is 11.9. The summed E-state index contributed by atoms with van der Waals surface area (Å²) in [5.41, 5.74) is 4.61. The van der Waals surface area contributed by atoms with Gasteiger partial charge in [-0.05, 0) is 61.1 Å². The van der Waals surface area contributed by atoms with Gasteiger partial charge in [-0.1, -0.05) is 32.0 Å². The summed E-state index contributed by atoms with van der Waals surface area (Å²) in [4.78, 5) is 0. The molecule has 0 nitrogen and oxygen atoms in total. The van der Waals surface area contributed by atoms with Crippen LogP contribution in [-0.2, 0) is 19.3 Å². The molecule has 0 spiro atoms. The Hall–Kier alpha value is -0.490. The number of rotatable bonds is 4. The van der Waals surface area contributed by atoms with E-state index in [0.717, 1.165) is 6.42 Å². The van der Waals surface area contributed by atoms with Crippen LogP contribution in [-0.4, -0.2) is 5.38 Å². The first-order valence-corrected chi connectivity index (χ1v) is 7.26. The molecule has 0 aliphatic heterocycles. The summed E-state index contributed by atoms with van der Waals surface area (Å²) in [6, 6.07) is 7.05. The Morgan fingerprint density at radius 1 is 1.12 bits per heavy atom. The summed E-state index contributed by atoms with van der Waals surface area (Å²) < 4.78 is 0. The van der Waals surface area contributed by atoms with Gasteiger partial charge >= 0.3 is 0 Å². The van der Waals surface area contributed by atoms with Gasteiger partial charge in [0.15, 0.2) is 0 Å². The fraction of sp³-hybridized carbons (Fsp3) is 0.625. The molecule has 17 heavy (non-hydrogen) atoms. The van der Waals surface area contributed by atoms with E-state index in [2.05, 4.69) is 39.0 Å². The van der Waals surface area contributed by atoms with Crippen molar-refractivity contribution in [3.05, 3.63) is 34.9 Å². The largest absolute Gasteiger partial charge is 0.123 e. The molecule has 0 bridgehead atoms. The van der Waals surface area contributed by atoms with Crippen molar-refractivity contribution in [2.75, 3.05) is 0 Å². The van der Waals surface area contributed by atoms with Crippen molar-refractivity contribution >= 4 is 11.6 Å². The summed E-state index contributed by atoms with van der Waals surface area (Å²) in [5, 5.41) is 0.253. The molecule has 1 aromatic rings. The van der Waals surface area contributed by atoms with Crippen LogP contribution in [0.3, 0.4) is 0 Å². The summed E-state index contributed by atoms with van der Waals surface area (Å²) in [6.45, 7) is 6.67. The predicted octanol–water partition coefficient (Wildman–Crippen LogP) is 4.62. The van der Waals surface area contributed by atoms with Gasteiger partial charge in [-0.2, -0.15) is 0 Å². The third kappa shape index (κ3) is 3.04. The Balaban J connectivity index is 2.12. The predicted molar refractivity (Wildman–Crippen MR) is 75.8 cm³/mol. The van der Waals surface area contributed by atoms with Crippen LogP contribution in [0, 0.1) is 11.8 Å². The van der Waals surface area contributed by atoms with Gasteiger partial charge in [0.2, 0.25) is 0 Å². The Morgan fingerprint density at radius 3 is 2.47 bits per heavy atom. The van der Waals surface area contributed by atoms with Crippen LogP contribution < -0.4 is 0 Å². The van der Waals surface area contributed by atoms with Gasteiger partial charge in [-0.15, -0.1) is 11.6 Å². The maximum Gasteiger partial charge on any atom is 0.0341 e. The van der Waals surface area contributed by atoms with Crippen molar-refractivity contribution in [3.8, 4) is 0 Å². The number of fused-ring (bicyclic) bond motifs is 1. The van der Waals surface area contributed by atoms with E-state index in [-0.39, 0.29) is 5.38 Å². The Kier molecular flexibility index (Phi) is 4.14. The van der Waals surface area contributed by atoms with E-state index >= 15 is 0 Å². The molecule has 0 radical (unpaired) electrons. The lowest BCUT2D eigenvalue weighted by Crippen LogP contribution is -2.20. The monoisotopic (exact) mass is 250 g/mol. The van der Waals surface area contributed by atoms with Gasteiger partial charge in [0, 0.05) is 5.38 Å². The minimum Gasteiger partial charge on any atom is -0.123 e. The zero-order valence-electron chi connectivity index (χ0n) is 11.2. The SMILES string of the molecule is CC(C)C(Cc1ccc2c(c1)CCC2)C(C)Cl. The molecule has 2 atom stereocenters. The molecule has 0 saturated carbocycles. The van der Waals surface area contributed by atoms with Gasteiger partial charge in [0.05, 0.1) is 0 Å². The smallest absolute Gasteiger partial charge is 0.0341 e. The fourth-order valence-corrected chi connectivity index (χ4v) is 3.33. The molecular formula is C16H23Cl. The van der Waals surface area contributed by atoms with Crippen molar-refractivity contribution in [2.45, 2.75) is 51.8 Å². The second-order valence-electron chi connectivity index (χ2n) is 5.75. The molecule has 2 unspecified atom stereocenters. The molecule has 0 N–H and O–H groups in total. The minimum atomic E-state index is 0.253. The Morgan fingerprint density at radius 2 is 1.82 bits per heavy atom. The third-order valence-electron chi connectivity index (χ3n) is 4.08. The van der Waals surface area contributed by atoms with Crippen LogP contribution in [0.4, 0.5) is 0 Å². The Labute approximate surface area is 110 Å². The molecule has 2 rings (SSSR count). The molecule has 0 amide bonds. The van der Waals surface area contributed by atoms with Crippen LogP contribution in [0.25, 0.3) is 0 Å². The van der Waals surface area contributed by atoms with Crippen LogP contribution in [0.15, 0.2) is 18.2 Å². The minimum absolute atomic E-state index is 0.253. The molecule has 1 heteroatoms. The van der Waals surface area contributed by atoms with Crippen LogP contribution in [0.5, 0.6) is 0 Å². The van der Waals surface area contributed by atoms with E-state index in [1.54, 1.807) is 11.1 Å². The van der Waals surface area contributed by atoms with Crippen LogP contribution >= 0.6 is 11.6 Å². The lowest BCUT2D eigenvalue weighted by Gasteiger charge is -2.23. The molecule has 0 heterocycles. The molecule has 94 valence electrons. The highest BCUT2D eigenvalue weighted by Crippen LogP contribution is 2.28. The maximum absolute atomic E-state index is 6.31. The number of benzene rings is 1.